The number of halogens is 2. The molecule has 1 amide bonds. The molecule has 0 aromatic heterocycles. The summed E-state index contributed by atoms with van der Waals surface area (Å²) in [7, 11) is 1.57. The smallest absolute Gasteiger partial charge is 0.258 e. The van der Waals surface area contributed by atoms with Crippen molar-refractivity contribution in [1.29, 1.82) is 0 Å². The Morgan fingerprint density at radius 1 is 1.13 bits per heavy atom. The van der Waals surface area contributed by atoms with E-state index >= 15 is 0 Å². The maximum Gasteiger partial charge on any atom is 0.258 e. The number of benzene rings is 2. The second-order valence-corrected chi connectivity index (χ2v) is 7.57. The second kappa shape index (κ2) is 10.9. The highest BCUT2D eigenvalue weighted by molar-refractivity contribution is 5.78. The van der Waals surface area contributed by atoms with Gasteiger partial charge in [0.1, 0.15) is 0 Å². The molecule has 1 aliphatic rings. The number of amides is 1. The largest absolute Gasteiger partial charge is 0.493 e. The number of ether oxygens (including phenoxy) is 2. The predicted molar refractivity (Wildman–Crippen MR) is 116 cm³/mol. The lowest BCUT2D eigenvalue weighted by molar-refractivity contribution is -0.124. The third-order valence-electron chi connectivity index (χ3n) is 5.25. The fourth-order valence-electron chi connectivity index (χ4n) is 3.64. The second-order valence-electron chi connectivity index (χ2n) is 7.57. The van der Waals surface area contributed by atoms with Gasteiger partial charge in [0, 0.05) is 25.7 Å². The molecule has 0 spiro atoms. The number of methoxy groups -OCH3 is 1. The summed E-state index contributed by atoms with van der Waals surface area (Å²) < 4.78 is 37.4. The minimum atomic E-state index is -0.834. The monoisotopic (exact) mass is 430 g/mol. The van der Waals surface area contributed by atoms with Crippen LogP contribution >= 0.6 is 0 Å². The molecule has 166 valence electrons. The standard InChI is InChI=1S/C24H28F2N2O3/c1-3-4-17-6-8-22(23(14-17)30-2)31-16-24(29)27-19-9-11-28(12-10-19)15-18-5-7-20(25)21(26)13-18/h3-8,13-14,19H,9-12,15-16H2,1-2H3,(H,27,29)/b4-3+. The maximum absolute atomic E-state index is 13.4. The molecule has 1 N–H and O–H groups in total. The molecule has 2 aromatic carbocycles. The molecule has 1 saturated heterocycles. The molecule has 0 bridgehead atoms. The molecule has 0 radical (unpaired) electrons. The maximum atomic E-state index is 13.4. The van der Waals surface area contributed by atoms with Gasteiger partial charge in [0.2, 0.25) is 0 Å². The predicted octanol–water partition coefficient (Wildman–Crippen LogP) is 4.17. The molecular weight excluding hydrogens is 402 g/mol. The number of carbonyl (C=O) groups excluding carboxylic acids is 1. The van der Waals surface area contributed by atoms with Gasteiger partial charge in [-0.25, -0.2) is 8.78 Å². The van der Waals surface area contributed by atoms with Crippen molar-refractivity contribution in [1.82, 2.24) is 10.2 Å². The lowest BCUT2D eigenvalue weighted by Gasteiger charge is -2.32. The fraction of sp³-hybridized carbons (Fsp3) is 0.375. The van der Waals surface area contributed by atoms with E-state index in [1.807, 2.05) is 31.2 Å². The number of carbonyl (C=O) groups is 1. The van der Waals surface area contributed by atoms with Crippen LogP contribution in [-0.2, 0) is 11.3 Å². The summed E-state index contributed by atoms with van der Waals surface area (Å²) in [6.07, 6.45) is 5.47. The number of hydrogen-bond acceptors (Lipinski definition) is 4. The molecule has 0 saturated carbocycles. The molecule has 1 aliphatic heterocycles. The van der Waals surface area contributed by atoms with Crippen LogP contribution in [0.25, 0.3) is 6.08 Å². The van der Waals surface area contributed by atoms with Gasteiger partial charge in [-0.1, -0.05) is 24.3 Å². The summed E-state index contributed by atoms with van der Waals surface area (Å²) in [5.74, 6) is -0.744. The van der Waals surface area contributed by atoms with Crippen LogP contribution < -0.4 is 14.8 Å². The molecule has 7 heteroatoms. The van der Waals surface area contributed by atoms with Crippen molar-refractivity contribution in [3.63, 3.8) is 0 Å². The third-order valence-corrected chi connectivity index (χ3v) is 5.25. The zero-order valence-corrected chi connectivity index (χ0v) is 17.9. The molecule has 2 aromatic rings. The van der Waals surface area contributed by atoms with Crippen LogP contribution in [-0.4, -0.2) is 43.7 Å². The topological polar surface area (TPSA) is 50.8 Å². The summed E-state index contributed by atoms with van der Waals surface area (Å²) in [6, 6.07) is 9.60. The fourth-order valence-corrected chi connectivity index (χ4v) is 3.64. The Labute approximate surface area is 181 Å². The van der Waals surface area contributed by atoms with E-state index < -0.39 is 11.6 Å². The SMILES string of the molecule is C/C=C/c1ccc(OCC(=O)NC2CCN(Cc3ccc(F)c(F)c3)CC2)c(OC)c1. The van der Waals surface area contributed by atoms with E-state index in [9.17, 15) is 13.6 Å². The van der Waals surface area contributed by atoms with Gasteiger partial charge in [-0.15, -0.1) is 0 Å². The average molecular weight is 430 g/mol. The lowest BCUT2D eigenvalue weighted by Crippen LogP contribution is -2.45. The molecule has 5 nitrogen and oxygen atoms in total. The van der Waals surface area contributed by atoms with E-state index in [0.29, 0.717) is 18.0 Å². The van der Waals surface area contributed by atoms with Crippen molar-refractivity contribution in [2.75, 3.05) is 26.8 Å². The van der Waals surface area contributed by atoms with Crippen molar-refractivity contribution in [3.05, 3.63) is 65.2 Å². The number of allylic oxidation sites excluding steroid dienone is 1. The Bertz CT molecular complexity index is 925. The number of rotatable bonds is 8. The summed E-state index contributed by atoms with van der Waals surface area (Å²) in [5, 5.41) is 3.01. The van der Waals surface area contributed by atoms with Gasteiger partial charge >= 0.3 is 0 Å². The zero-order chi connectivity index (χ0) is 22.2. The van der Waals surface area contributed by atoms with Crippen LogP contribution in [0.4, 0.5) is 8.78 Å². The summed E-state index contributed by atoms with van der Waals surface area (Å²) in [5.41, 5.74) is 1.73. The number of likely N-dealkylation sites (tertiary alicyclic amines) is 1. The van der Waals surface area contributed by atoms with Gasteiger partial charge in [0.15, 0.2) is 29.7 Å². The molecule has 0 atom stereocenters. The Morgan fingerprint density at radius 3 is 2.58 bits per heavy atom. The molecule has 31 heavy (non-hydrogen) atoms. The van der Waals surface area contributed by atoms with Gasteiger partial charge in [0.25, 0.3) is 5.91 Å². The Morgan fingerprint density at radius 2 is 1.90 bits per heavy atom. The van der Waals surface area contributed by atoms with E-state index in [2.05, 4.69) is 10.2 Å². The highest BCUT2D eigenvalue weighted by Crippen LogP contribution is 2.28. The first-order valence-corrected chi connectivity index (χ1v) is 10.4. The van der Waals surface area contributed by atoms with E-state index in [1.165, 1.54) is 6.07 Å². The molecule has 0 unspecified atom stereocenters. The lowest BCUT2D eigenvalue weighted by atomic mass is 10.0. The van der Waals surface area contributed by atoms with Crippen molar-refractivity contribution >= 4 is 12.0 Å². The van der Waals surface area contributed by atoms with E-state index in [0.717, 1.165) is 43.1 Å². The van der Waals surface area contributed by atoms with Crippen molar-refractivity contribution in [2.24, 2.45) is 0 Å². The Kier molecular flexibility index (Phi) is 8.00. The van der Waals surface area contributed by atoms with Crippen LogP contribution in [0.2, 0.25) is 0 Å². The molecule has 1 heterocycles. The summed E-state index contributed by atoms with van der Waals surface area (Å²) >= 11 is 0. The highest BCUT2D eigenvalue weighted by Gasteiger charge is 2.21. The molecular formula is C24H28F2N2O3. The van der Waals surface area contributed by atoms with Gasteiger partial charge in [-0.2, -0.15) is 0 Å². The Hall–Kier alpha value is -2.93. The van der Waals surface area contributed by atoms with E-state index in [1.54, 1.807) is 19.2 Å². The van der Waals surface area contributed by atoms with Gasteiger partial charge in [-0.05, 0) is 55.2 Å². The summed E-state index contributed by atoms with van der Waals surface area (Å²) in [6.45, 7) is 3.95. The average Bonchev–Trinajstić information content (AvgIpc) is 2.77. The van der Waals surface area contributed by atoms with Crippen molar-refractivity contribution in [2.45, 2.75) is 32.4 Å². The first kappa shape index (κ1) is 22.7. The highest BCUT2D eigenvalue weighted by atomic mass is 19.2. The van der Waals surface area contributed by atoms with Gasteiger partial charge in [-0.3, -0.25) is 9.69 Å². The summed E-state index contributed by atoms with van der Waals surface area (Å²) in [4.78, 5) is 14.5. The zero-order valence-electron chi connectivity index (χ0n) is 17.9. The number of nitrogens with zero attached hydrogens (tertiary/aromatic N) is 1. The number of nitrogens with one attached hydrogen (secondary N) is 1. The first-order valence-electron chi connectivity index (χ1n) is 10.4. The minimum absolute atomic E-state index is 0.0660. The Balaban J connectivity index is 1.43. The molecule has 1 fully saturated rings. The van der Waals surface area contributed by atoms with Crippen LogP contribution in [0.1, 0.15) is 30.9 Å². The van der Waals surface area contributed by atoms with Crippen LogP contribution in [0.5, 0.6) is 11.5 Å². The van der Waals surface area contributed by atoms with E-state index in [-0.39, 0.29) is 18.6 Å². The normalized spacial score (nSPS) is 15.2. The molecule has 3 rings (SSSR count). The van der Waals surface area contributed by atoms with Crippen LogP contribution in [0.3, 0.4) is 0 Å². The van der Waals surface area contributed by atoms with Crippen LogP contribution in [0, 0.1) is 11.6 Å². The third kappa shape index (κ3) is 6.52. The van der Waals surface area contributed by atoms with E-state index in [4.69, 9.17) is 9.47 Å². The number of hydrogen-bond donors (Lipinski definition) is 1. The van der Waals surface area contributed by atoms with Crippen molar-refractivity contribution in [3.8, 4) is 11.5 Å². The van der Waals surface area contributed by atoms with Crippen molar-refractivity contribution < 1.29 is 23.0 Å². The number of piperidine rings is 1. The quantitative estimate of drug-likeness (QED) is 0.683. The minimum Gasteiger partial charge on any atom is -0.493 e. The van der Waals surface area contributed by atoms with Crippen LogP contribution in [0.15, 0.2) is 42.5 Å². The van der Waals surface area contributed by atoms with Gasteiger partial charge in [0.05, 0.1) is 7.11 Å². The van der Waals surface area contributed by atoms with Gasteiger partial charge < -0.3 is 14.8 Å². The first-order chi connectivity index (χ1) is 15.0. The molecule has 0 aliphatic carbocycles.